The predicted octanol–water partition coefficient (Wildman–Crippen LogP) is -0.125. The Labute approximate surface area is 90.7 Å². The number of likely N-dealkylation sites (N-methyl/N-ethyl adjacent to an activating group) is 1. The summed E-state index contributed by atoms with van der Waals surface area (Å²) in [5, 5.41) is 0. The first kappa shape index (κ1) is 11.6. The van der Waals surface area contributed by atoms with Crippen molar-refractivity contribution in [3.8, 4) is 0 Å². The van der Waals surface area contributed by atoms with Crippen LogP contribution >= 0.6 is 0 Å². The van der Waals surface area contributed by atoms with Gasteiger partial charge in [-0.1, -0.05) is 11.5 Å². The molecule has 2 radical (unpaired) electrons. The van der Waals surface area contributed by atoms with Crippen LogP contribution in [0, 0.1) is 0 Å². The number of esters is 1. The average Bonchev–Trinajstić information content (AvgIpc) is 2.18. The lowest BCUT2D eigenvalue weighted by Gasteiger charge is -2.16. The van der Waals surface area contributed by atoms with Gasteiger partial charge in [0.2, 0.25) is 0 Å². The quantitative estimate of drug-likeness (QED) is 0.506. The number of carbonyl (C=O) groups excluding carboxylic acids is 1. The monoisotopic (exact) mass is 204 g/mol. The fraction of sp³-hybridized carbons (Fsp3) is 0.400. The summed E-state index contributed by atoms with van der Waals surface area (Å²) in [7, 11) is 7.28. The van der Waals surface area contributed by atoms with E-state index in [0.717, 1.165) is 0 Å². The minimum Gasteiger partial charge on any atom is -0.465 e. The van der Waals surface area contributed by atoms with Gasteiger partial charge in [0.05, 0.1) is 6.61 Å². The van der Waals surface area contributed by atoms with Gasteiger partial charge in [-0.15, -0.1) is 0 Å². The van der Waals surface area contributed by atoms with Gasteiger partial charge in [-0.25, -0.2) is 4.98 Å². The zero-order valence-electron chi connectivity index (χ0n) is 8.93. The number of nitrogens with zero attached hydrogens (tertiary/aromatic N) is 2. The summed E-state index contributed by atoms with van der Waals surface area (Å²) in [6.07, 6.45) is 1.55. The largest absolute Gasteiger partial charge is 0.465 e. The van der Waals surface area contributed by atoms with Gasteiger partial charge in [-0.2, -0.15) is 0 Å². The van der Waals surface area contributed by atoms with Crippen LogP contribution in [0.3, 0.4) is 0 Å². The number of ether oxygens (including phenoxy) is 1. The smallest absolute Gasteiger partial charge is 0.325 e. The van der Waals surface area contributed by atoms with Crippen molar-refractivity contribution in [1.82, 2.24) is 4.98 Å². The SMILES string of the molecule is [B]c1ccc(N(C)CC(=O)OCC)nc1. The second-order valence-corrected chi connectivity index (χ2v) is 3.11. The Morgan fingerprint density at radius 2 is 2.33 bits per heavy atom. The number of aromatic nitrogens is 1. The molecule has 0 saturated heterocycles. The summed E-state index contributed by atoms with van der Waals surface area (Å²) in [6, 6.07) is 3.50. The molecule has 0 atom stereocenters. The molecule has 15 heavy (non-hydrogen) atoms. The van der Waals surface area contributed by atoms with Gasteiger partial charge in [-0.3, -0.25) is 4.79 Å². The van der Waals surface area contributed by atoms with Gasteiger partial charge in [0.25, 0.3) is 0 Å². The molecule has 78 valence electrons. The number of hydrogen-bond acceptors (Lipinski definition) is 4. The Kier molecular flexibility index (Phi) is 4.15. The highest BCUT2D eigenvalue weighted by molar-refractivity contribution is 6.32. The van der Waals surface area contributed by atoms with E-state index < -0.39 is 0 Å². The molecule has 5 heteroatoms. The third-order valence-electron chi connectivity index (χ3n) is 1.83. The molecule has 1 heterocycles. The molecular formula is C10H13BN2O2. The summed E-state index contributed by atoms with van der Waals surface area (Å²) in [6.45, 7) is 2.35. The van der Waals surface area contributed by atoms with Crippen molar-refractivity contribution in [2.24, 2.45) is 0 Å². The fourth-order valence-corrected chi connectivity index (χ4v) is 1.10. The van der Waals surface area contributed by atoms with E-state index in [1.807, 2.05) is 0 Å². The first-order valence-electron chi connectivity index (χ1n) is 4.71. The second kappa shape index (κ2) is 5.39. The molecule has 4 nitrogen and oxygen atoms in total. The molecule has 0 aliphatic heterocycles. The predicted molar refractivity (Wildman–Crippen MR) is 59.5 cm³/mol. The van der Waals surface area contributed by atoms with E-state index in [2.05, 4.69) is 4.98 Å². The summed E-state index contributed by atoms with van der Waals surface area (Å²) < 4.78 is 4.82. The van der Waals surface area contributed by atoms with E-state index in [0.29, 0.717) is 17.9 Å². The van der Waals surface area contributed by atoms with Crippen LogP contribution in [-0.2, 0) is 9.53 Å². The molecule has 0 aromatic carbocycles. The topological polar surface area (TPSA) is 42.4 Å². The summed E-state index contributed by atoms with van der Waals surface area (Å²) in [5.74, 6) is 0.427. The van der Waals surface area contributed by atoms with E-state index in [9.17, 15) is 4.79 Å². The zero-order valence-corrected chi connectivity index (χ0v) is 8.93. The minimum atomic E-state index is -0.265. The molecular weight excluding hydrogens is 191 g/mol. The van der Waals surface area contributed by atoms with Gasteiger partial charge < -0.3 is 9.64 Å². The molecule has 0 amide bonds. The van der Waals surface area contributed by atoms with Gasteiger partial charge in [0, 0.05) is 13.2 Å². The van der Waals surface area contributed by atoms with Crippen molar-refractivity contribution in [1.29, 1.82) is 0 Å². The van der Waals surface area contributed by atoms with Crippen LogP contribution in [0.5, 0.6) is 0 Å². The van der Waals surface area contributed by atoms with Crippen molar-refractivity contribution in [2.75, 3.05) is 25.1 Å². The van der Waals surface area contributed by atoms with Crippen LogP contribution in [0.25, 0.3) is 0 Å². The molecule has 0 bridgehead atoms. The molecule has 1 rings (SSSR count). The highest BCUT2D eigenvalue weighted by atomic mass is 16.5. The molecule has 0 saturated carbocycles. The van der Waals surface area contributed by atoms with Crippen molar-refractivity contribution in [3.05, 3.63) is 18.3 Å². The lowest BCUT2D eigenvalue weighted by Crippen LogP contribution is -2.28. The van der Waals surface area contributed by atoms with Crippen LogP contribution < -0.4 is 10.4 Å². The Bertz CT molecular complexity index is 327. The van der Waals surface area contributed by atoms with Crippen molar-refractivity contribution in [2.45, 2.75) is 6.92 Å². The second-order valence-electron chi connectivity index (χ2n) is 3.11. The molecule has 1 aromatic heterocycles. The molecule has 0 aliphatic carbocycles. The number of hydrogen-bond donors (Lipinski definition) is 0. The molecule has 0 N–H and O–H groups in total. The first-order valence-corrected chi connectivity index (χ1v) is 4.71. The summed E-state index contributed by atoms with van der Waals surface area (Å²) >= 11 is 0. The maximum atomic E-state index is 11.2. The third-order valence-corrected chi connectivity index (χ3v) is 1.83. The number of anilines is 1. The normalized spacial score (nSPS) is 9.73. The highest BCUT2D eigenvalue weighted by Gasteiger charge is 2.08. The Hall–Kier alpha value is -1.52. The highest BCUT2D eigenvalue weighted by Crippen LogP contribution is 2.04. The molecule has 1 aromatic rings. The third kappa shape index (κ3) is 3.62. The number of carbonyl (C=O) groups is 1. The van der Waals surface area contributed by atoms with Gasteiger partial charge >= 0.3 is 5.97 Å². The average molecular weight is 204 g/mol. The lowest BCUT2D eigenvalue weighted by atomic mass is 9.99. The summed E-state index contributed by atoms with van der Waals surface area (Å²) in [5.41, 5.74) is 0.600. The van der Waals surface area contributed by atoms with Crippen LogP contribution in [0.2, 0.25) is 0 Å². The van der Waals surface area contributed by atoms with Crippen LogP contribution in [0.15, 0.2) is 18.3 Å². The van der Waals surface area contributed by atoms with Crippen LogP contribution in [0.1, 0.15) is 6.92 Å². The number of pyridine rings is 1. The van der Waals surface area contributed by atoms with Crippen LogP contribution in [0.4, 0.5) is 5.82 Å². The van der Waals surface area contributed by atoms with E-state index in [1.54, 1.807) is 37.2 Å². The number of rotatable bonds is 4. The van der Waals surface area contributed by atoms with Crippen molar-refractivity contribution < 1.29 is 9.53 Å². The van der Waals surface area contributed by atoms with Gasteiger partial charge in [0.1, 0.15) is 20.2 Å². The lowest BCUT2D eigenvalue weighted by molar-refractivity contribution is -0.141. The van der Waals surface area contributed by atoms with Gasteiger partial charge in [0.15, 0.2) is 0 Å². The maximum absolute atomic E-state index is 11.2. The molecule has 0 unspecified atom stereocenters. The Morgan fingerprint density at radius 3 is 2.87 bits per heavy atom. The van der Waals surface area contributed by atoms with Gasteiger partial charge in [-0.05, 0) is 13.0 Å². The Balaban J connectivity index is 2.57. The standard InChI is InChI=1S/C10H13BN2O2/c1-3-15-10(14)7-13(2)9-5-4-8(11)6-12-9/h4-6H,3,7H2,1-2H3. The van der Waals surface area contributed by atoms with E-state index >= 15 is 0 Å². The Morgan fingerprint density at radius 1 is 1.60 bits per heavy atom. The van der Waals surface area contributed by atoms with E-state index in [1.165, 1.54) is 0 Å². The zero-order chi connectivity index (χ0) is 11.3. The summed E-state index contributed by atoms with van der Waals surface area (Å²) in [4.78, 5) is 17.0. The van der Waals surface area contributed by atoms with Crippen molar-refractivity contribution in [3.63, 3.8) is 0 Å². The molecule has 0 spiro atoms. The minimum absolute atomic E-state index is 0.185. The first-order chi connectivity index (χ1) is 7.13. The van der Waals surface area contributed by atoms with E-state index in [4.69, 9.17) is 12.6 Å². The molecule has 0 fully saturated rings. The van der Waals surface area contributed by atoms with Crippen LogP contribution in [-0.4, -0.2) is 39.0 Å². The maximum Gasteiger partial charge on any atom is 0.325 e. The fourth-order valence-electron chi connectivity index (χ4n) is 1.10. The van der Waals surface area contributed by atoms with Crippen molar-refractivity contribution >= 4 is 25.1 Å². The molecule has 0 aliphatic rings. The van der Waals surface area contributed by atoms with E-state index in [-0.39, 0.29) is 12.5 Å².